The lowest BCUT2D eigenvalue weighted by Gasteiger charge is -2.04. The van der Waals surface area contributed by atoms with Crippen molar-refractivity contribution in [2.24, 2.45) is 0 Å². The van der Waals surface area contributed by atoms with Gasteiger partial charge in [0, 0.05) is 29.6 Å². The van der Waals surface area contributed by atoms with E-state index >= 15 is 0 Å². The molecule has 2 heterocycles. The van der Waals surface area contributed by atoms with Gasteiger partial charge in [0.1, 0.15) is 0 Å². The van der Waals surface area contributed by atoms with Crippen molar-refractivity contribution < 1.29 is 14.5 Å². The largest absolute Gasteiger partial charge is 0.490 e. The number of thioether (sulfide) groups is 1. The fraction of sp³-hybridized carbons (Fsp3) is 0.125. The van der Waals surface area contributed by atoms with Crippen LogP contribution in [0, 0.1) is 10.1 Å². The molecule has 0 unspecified atom stereocenters. The molecule has 3 aromatic rings. The number of nitro groups is 1. The average molecular weight is 371 g/mol. The first kappa shape index (κ1) is 17.5. The predicted molar refractivity (Wildman–Crippen MR) is 94.3 cm³/mol. The number of rotatable bonds is 7. The van der Waals surface area contributed by atoms with Gasteiger partial charge in [-0.15, -0.1) is 5.10 Å². The number of aromatic amines is 1. The molecule has 0 saturated heterocycles. The van der Waals surface area contributed by atoms with Crippen LogP contribution >= 0.6 is 11.8 Å². The van der Waals surface area contributed by atoms with E-state index in [0.29, 0.717) is 11.0 Å². The third-order valence-electron chi connectivity index (χ3n) is 3.45. The standard InChI is InChI=1S/C16H13N5O4S/c1-25-14-3-2-11(8-12(14)21(23)24)13(22)9-26-16-18-15(19-20-16)10-4-6-17-7-5-10/h2-8H,9H2,1H3,(H,18,19,20). The summed E-state index contributed by atoms with van der Waals surface area (Å²) >= 11 is 1.14. The number of methoxy groups -OCH3 is 1. The van der Waals surface area contributed by atoms with Gasteiger partial charge in [-0.05, 0) is 24.3 Å². The van der Waals surface area contributed by atoms with Crippen LogP contribution in [0.15, 0.2) is 47.9 Å². The Balaban J connectivity index is 1.69. The van der Waals surface area contributed by atoms with E-state index in [1.165, 1.54) is 25.3 Å². The van der Waals surface area contributed by atoms with E-state index in [1.807, 2.05) is 0 Å². The quantitative estimate of drug-likeness (QED) is 0.291. The van der Waals surface area contributed by atoms with Crippen molar-refractivity contribution in [2.75, 3.05) is 12.9 Å². The summed E-state index contributed by atoms with van der Waals surface area (Å²) in [5, 5.41) is 18.3. The summed E-state index contributed by atoms with van der Waals surface area (Å²) in [5.41, 5.74) is 0.813. The zero-order valence-electron chi connectivity index (χ0n) is 13.6. The van der Waals surface area contributed by atoms with E-state index in [-0.39, 0.29) is 28.5 Å². The number of hydrogen-bond acceptors (Lipinski definition) is 8. The van der Waals surface area contributed by atoms with Crippen LogP contribution in [0.3, 0.4) is 0 Å². The van der Waals surface area contributed by atoms with Gasteiger partial charge in [0.15, 0.2) is 17.4 Å². The highest BCUT2D eigenvalue weighted by Crippen LogP contribution is 2.28. The number of nitrogens with zero attached hydrogens (tertiary/aromatic N) is 4. The van der Waals surface area contributed by atoms with E-state index < -0.39 is 4.92 Å². The van der Waals surface area contributed by atoms with Crippen molar-refractivity contribution in [3.05, 3.63) is 58.4 Å². The van der Waals surface area contributed by atoms with Gasteiger partial charge in [-0.1, -0.05) is 11.8 Å². The number of carbonyl (C=O) groups is 1. The summed E-state index contributed by atoms with van der Waals surface area (Å²) in [6.45, 7) is 0. The van der Waals surface area contributed by atoms with Crippen LogP contribution in [0.4, 0.5) is 5.69 Å². The smallest absolute Gasteiger partial charge is 0.311 e. The number of pyridine rings is 1. The first-order valence-corrected chi connectivity index (χ1v) is 8.38. The monoisotopic (exact) mass is 371 g/mol. The van der Waals surface area contributed by atoms with Crippen LogP contribution in [0.1, 0.15) is 10.4 Å². The molecule has 0 radical (unpaired) electrons. The van der Waals surface area contributed by atoms with Crippen LogP contribution in [0.5, 0.6) is 5.75 Å². The fourth-order valence-corrected chi connectivity index (χ4v) is 2.86. The molecule has 0 bridgehead atoms. The zero-order chi connectivity index (χ0) is 18.5. The van der Waals surface area contributed by atoms with E-state index in [4.69, 9.17) is 4.74 Å². The molecule has 0 saturated carbocycles. The van der Waals surface area contributed by atoms with Crippen LogP contribution in [0.2, 0.25) is 0 Å². The maximum absolute atomic E-state index is 12.3. The second-order valence-electron chi connectivity index (χ2n) is 5.06. The van der Waals surface area contributed by atoms with Gasteiger partial charge >= 0.3 is 5.69 Å². The molecule has 2 aromatic heterocycles. The Morgan fingerprint density at radius 3 is 2.77 bits per heavy atom. The number of nitro benzene ring substituents is 1. The second-order valence-corrected chi connectivity index (χ2v) is 6.00. The minimum Gasteiger partial charge on any atom is -0.490 e. The van der Waals surface area contributed by atoms with Gasteiger partial charge in [0.25, 0.3) is 0 Å². The lowest BCUT2D eigenvalue weighted by molar-refractivity contribution is -0.385. The molecule has 3 rings (SSSR count). The van der Waals surface area contributed by atoms with Gasteiger partial charge in [-0.3, -0.25) is 25.0 Å². The van der Waals surface area contributed by atoms with E-state index in [9.17, 15) is 14.9 Å². The molecule has 0 aliphatic rings. The van der Waals surface area contributed by atoms with Gasteiger partial charge in [0.05, 0.1) is 17.8 Å². The molecule has 10 heteroatoms. The molecule has 1 N–H and O–H groups in total. The van der Waals surface area contributed by atoms with Crippen molar-refractivity contribution in [3.8, 4) is 17.1 Å². The molecule has 26 heavy (non-hydrogen) atoms. The number of hydrogen-bond donors (Lipinski definition) is 1. The molecule has 0 atom stereocenters. The summed E-state index contributed by atoms with van der Waals surface area (Å²) in [4.78, 5) is 31.0. The number of H-pyrrole nitrogens is 1. The molecule has 0 fully saturated rings. The van der Waals surface area contributed by atoms with Gasteiger partial charge in [-0.25, -0.2) is 4.98 Å². The predicted octanol–water partition coefficient (Wildman–Crippen LogP) is 2.76. The molecular formula is C16H13N5O4S. The van der Waals surface area contributed by atoms with Crippen molar-refractivity contribution in [3.63, 3.8) is 0 Å². The summed E-state index contributed by atoms with van der Waals surface area (Å²) < 4.78 is 4.93. The maximum atomic E-state index is 12.3. The molecule has 0 amide bonds. The summed E-state index contributed by atoms with van der Waals surface area (Å²) in [5.74, 6) is 0.463. The van der Waals surface area contributed by atoms with Crippen molar-refractivity contribution >= 4 is 23.2 Å². The number of Topliss-reactive ketones (excluding diaryl/α,β-unsaturated/α-hetero) is 1. The Morgan fingerprint density at radius 2 is 2.08 bits per heavy atom. The molecule has 1 aromatic carbocycles. The van der Waals surface area contributed by atoms with E-state index in [2.05, 4.69) is 20.2 Å². The molecule has 132 valence electrons. The summed E-state index contributed by atoms with van der Waals surface area (Å²) in [6.07, 6.45) is 3.29. The van der Waals surface area contributed by atoms with Crippen LogP contribution < -0.4 is 4.74 Å². The summed E-state index contributed by atoms with van der Waals surface area (Å²) in [7, 11) is 1.34. The van der Waals surface area contributed by atoms with Gasteiger partial charge in [0.2, 0.25) is 5.16 Å². The Kier molecular flexibility index (Phi) is 5.23. The normalized spacial score (nSPS) is 10.5. The molecule has 0 aliphatic heterocycles. The van der Waals surface area contributed by atoms with Gasteiger partial charge in [-0.2, -0.15) is 0 Å². The Labute approximate surface area is 152 Å². The first-order chi connectivity index (χ1) is 12.6. The lowest BCUT2D eigenvalue weighted by Crippen LogP contribution is -2.04. The highest BCUT2D eigenvalue weighted by Gasteiger charge is 2.18. The molecule has 9 nitrogen and oxygen atoms in total. The van der Waals surface area contributed by atoms with E-state index in [1.54, 1.807) is 24.5 Å². The highest BCUT2D eigenvalue weighted by molar-refractivity contribution is 7.99. The number of ether oxygens (including phenoxy) is 1. The minimum absolute atomic E-state index is 0.0527. The number of nitrogens with one attached hydrogen (secondary N) is 1. The molecule has 0 aliphatic carbocycles. The Bertz CT molecular complexity index is 945. The van der Waals surface area contributed by atoms with Crippen molar-refractivity contribution in [1.29, 1.82) is 0 Å². The van der Waals surface area contributed by atoms with Crippen LogP contribution in [-0.2, 0) is 0 Å². The second kappa shape index (κ2) is 7.74. The zero-order valence-corrected chi connectivity index (χ0v) is 14.4. The molecular weight excluding hydrogens is 358 g/mol. The topological polar surface area (TPSA) is 124 Å². The maximum Gasteiger partial charge on any atom is 0.311 e. The number of benzene rings is 1. The number of aromatic nitrogens is 4. The van der Waals surface area contributed by atoms with E-state index in [0.717, 1.165) is 17.3 Å². The van der Waals surface area contributed by atoms with Crippen LogP contribution in [0.25, 0.3) is 11.4 Å². The first-order valence-electron chi connectivity index (χ1n) is 7.39. The molecule has 0 spiro atoms. The minimum atomic E-state index is -0.584. The fourth-order valence-electron chi connectivity index (χ4n) is 2.17. The highest BCUT2D eigenvalue weighted by atomic mass is 32.2. The Morgan fingerprint density at radius 1 is 1.31 bits per heavy atom. The third kappa shape index (κ3) is 3.86. The lowest BCUT2D eigenvalue weighted by atomic mass is 10.1. The number of carbonyl (C=O) groups excluding carboxylic acids is 1. The van der Waals surface area contributed by atoms with Crippen LogP contribution in [-0.4, -0.2) is 43.7 Å². The third-order valence-corrected chi connectivity index (χ3v) is 4.30. The summed E-state index contributed by atoms with van der Waals surface area (Å²) in [6, 6.07) is 7.69. The van der Waals surface area contributed by atoms with Crippen molar-refractivity contribution in [2.45, 2.75) is 5.16 Å². The van der Waals surface area contributed by atoms with Gasteiger partial charge < -0.3 is 4.74 Å². The number of ketones is 1. The SMILES string of the molecule is COc1ccc(C(=O)CSc2n[nH]c(-c3ccncc3)n2)cc1[N+](=O)[O-]. The van der Waals surface area contributed by atoms with Crippen molar-refractivity contribution in [1.82, 2.24) is 20.2 Å². The average Bonchev–Trinajstić information content (AvgIpc) is 3.15. The Hall–Kier alpha value is -3.27.